The molecule has 9 nitrogen and oxygen atoms in total. The second-order valence-electron chi connectivity index (χ2n) is 10.3. The van der Waals surface area contributed by atoms with Crippen LogP contribution in [0.4, 0.5) is 8.78 Å². The van der Waals surface area contributed by atoms with Gasteiger partial charge in [-0.3, -0.25) is 0 Å². The Kier molecular flexibility index (Phi) is 7.86. The summed E-state index contributed by atoms with van der Waals surface area (Å²) in [6, 6.07) is 16.2. The first-order valence-electron chi connectivity index (χ1n) is 13.5. The van der Waals surface area contributed by atoms with Gasteiger partial charge in [-0.05, 0) is 37.3 Å². The van der Waals surface area contributed by atoms with Crippen LogP contribution in [0.1, 0.15) is 35.6 Å². The Morgan fingerprint density at radius 2 is 1.73 bits per heavy atom. The predicted molar refractivity (Wildman–Crippen MR) is 157 cm³/mol. The van der Waals surface area contributed by atoms with Crippen molar-refractivity contribution >= 4 is 34.8 Å². The fourth-order valence-corrected chi connectivity index (χ4v) is 5.83. The van der Waals surface area contributed by atoms with E-state index in [0.29, 0.717) is 27.4 Å². The molecule has 44 heavy (non-hydrogen) atoms. The summed E-state index contributed by atoms with van der Waals surface area (Å²) in [7, 11) is 0. The summed E-state index contributed by atoms with van der Waals surface area (Å²) in [5.74, 6) is -0.868. The number of fused-ring (bicyclic) bond motifs is 1. The summed E-state index contributed by atoms with van der Waals surface area (Å²) in [5, 5.41) is 13.4. The second kappa shape index (κ2) is 11.8. The van der Waals surface area contributed by atoms with Crippen molar-refractivity contribution in [2.75, 3.05) is 6.61 Å². The molecule has 0 saturated carbocycles. The minimum absolute atomic E-state index is 0.178. The van der Waals surface area contributed by atoms with E-state index in [-0.39, 0.29) is 17.9 Å². The lowest BCUT2D eigenvalue weighted by molar-refractivity contribution is -0.292. The molecule has 1 radical (unpaired) electrons. The van der Waals surface area contributed by atoms with E-state index in [1.165, 1.54) is 0 Å². The van der Waals surface area contributed by atoms with Gasteiger partial charge in [0.25, 0.3) is 0 Å². The third-order valence-corrected chi connectivity index (χ3v) is 8.30. The maximum absolute atomic E-state index is 14.3. The third-order valence-electron chi connectivity index (χ3n) is 7.39. The fraction of sp³-hybridized carbons (Fsp3) is 0.233. The Morgan fingerprint density at radius 1 is 0.955 bits per heavy atom. The first-order valence-corrected chi connectivity index (χ1v) is 14.7. The van der Waals surface area contributed by atoms with Crippen LogP contribution in [0.25, 0.3) is 16.9 Å². The standard InChI is InChI=1S/C30H22Cl3F2N6O3/c1-15-36-29(41(38-15)23-11-18(31)7-8-19(23)32)25-12-24(28-26(43-25)14-42-30(44-28)16-5-3-2-4-6-16)40-13-22(37-39-40)17-9-20(34)27(33)21(35)10-17/h2-13,24-26,28,30H,14H2,1H3. The van der Waals surface area contributed by atoms with Gasteiger partial charge in [0.05, 0.1) is 29.6 Å². The minimum Gasteiger partial charge on any atom is -0.361 e. The highest BCUT2D eigenvalue weighted by molar-refractivity contribution is 6.34. The SMILES string of the molecule is Cc1nc(C2[CH]C(n3cc(-c4cc(F)c(Cl)c(F)c4)nn3)C3OC(c4ccccc4)OCC3O2)n(-c2cc(Cl)ccc2Cl)n1. The number of benzene rings is 3. The number of aromatic nitrogens is 6. The highest BCUT2D eigenvalue weighted by atomic mass is 35.5. The van der Waals surface area contributed by atoms with Gasteiger partial charge in [0.1, 0.15) is 46.5 Å². The predicted octanol–water partition coefficient (Wildman–Crippen LogP) is 7.07. The average Bonchev–Trinajstić information content (AvgIpc) is 3.68. The van der Waals surface area contributed by atoms with E-state index in [2.05, 4.69) is 20.4 Å². The normalized spacial score (nSPS) is 23.5. The van der Waals surface area contributed by atoms with Gasteiger partial charge >= 0.3 is 0 Å². The molecule has 5 unspecified atom stereocenters. The van der Waals surface area contributed by atoms with Crippen molar-refractivity contribution in [2.45, 2.75) is 37.6 Å². The number of halogens is 5. The van der Waals surface area contributed by atoms with Crippen molar-refractivity contribution in [3.63, 3.8) is 0 Å². The van der Waals surface area contributed by atoms with E-state index in [0.717, 1.165) is 17.7 Å². The van der Waals surface area contributed by atoms with E-state index >= 15 is 0 Å². The Labute approximate surface area is 265 Å². The fourth-order valence-electron chi connectivity index (χ4n) is 5.36. The summed E-state index contributed by atoms with van der Waals surface area (Å²) >= 11 is 18.5. The number of rotatable bonds is 5. The molecule has 5 aromatic rings. The molecule has 0 amide bonds. The Morgan fingerprint density at radius 3 is 2.50 bits per heavy atom. The van der Waals surface area contributed by atoms with E-state index in [1.54, 1.807) is 40.7 Å². The molecule has 2 aliphatic heterocycles. The van der Waals surface area contributed by atoms with Crippen molar-refractivity contribution in [3.8, 4) is 16.9 Å². The highest BCUT2D eigenvalue weighted by Crippen LogP contribution is 2.43. The first kappa shape index (κ1) is 29.3. The molecule has 2 saturated heterocycles. The van der Waals surface area contributed by atoms with Crippen LogP contribution in [0.15, 0.2) is 66.9 Å². The zero-order valence-electron chi connectivity index (χ0n) is 22.8. The van der Waals surface area contributed by atoms with Crippen LogP contribution >= 0.6 is 34.8 Å². The zero-order chi connectivity index (χ0) is 30.5. The summed E-state index contributed by atoms with van der Waals surface area (Å²) in [4.78, 5) is 4.66. The minimum atomic E-state index is -0.901. The van der Waals surface area contributed by atoms with Gasteiger partial charge in [0, 0.05) is 22.6 Å². The molecule has 4 heterocycles. The molecule has 2 aromatic heterocycles. The monoisotopic (exact) mass is 657 g/mol. The van der Waals surface area contributed by atoms with Gasteiger partial charge in [-0.15, -0.1) is 5.10 Å². The number of hydrogen-bond acceptors (Lipinski definition) is 7. The van der Waals surface area contributed by atoms with Crippen molar-refractivity contribution < 1.29 is 23.0 Å². The molecule has 7 rings (SSSR count). The summed E-state index contributed by atoms with van der Waals surface area (Å²) in [5.41, 5.74) is 1.78. The lowest BCUT2D eigenvalue weighted by Gasteiger charge is -2.45. The second-order valence-corrected chi connectivity index (χ2v) is 11.5. The molecule has 0 bridgehead atoms. The van der Waals surface area contributed by atoms with Crippen molar-refractivity contribution in [2.24, 2.45) is 0 Å². The lowest BCUT2D eigenvalue weighted by Crippen LogP contribution is -2.51. The summed E-state index contributed by atoms with van der Waals surface area (Å²) in [6.45, 7) is 1.96. The number of ether oxygens (including phenoxy) is 3. The first-order chi connectivity index (χ1) is 21.2. The van der Waals surface area contributed by atoms with Gasteiger partial charge in [-0.2, -0.15) is 5.10 Å². The summed E-state index contributed by atoms with van der Waals surface area (Å²) < 4.78 is 50.8. The molecule has 2 aliphatic rings. The van der Waals surface area contributed by atoms with E-state index in [4.69, 9.17) is 49.0 Å². The summed E-state index contributed by atoms with van der Waals surface area (Å²) in [6.07, 6.45) is 0.930. The third kappa shape index (κ3) is 5.48. The van der Waals surface area contributed by atoms with E-state index < -0.39 is 47.3 Å². The molecule has 0 N–H and O–H groups in total. The van der Waals surface area contributed by atoms with E-state index in [9.17, 15) is 8.78 Å². The highest BCUT2D eigenvalue weighted by Gasteiger charge is 2.47. The molecule has 3 aromatic carbocycles. The van der Waals surface area contributed by atoms with Crippen molar-refractivity contribution in [1.29, 1.82) is 0 Å². The van der Waals surface area contributed by atoms with Crippen LogP contribution < -0.4 is 0 Å². The Hall–Kier alpha value is -3.45. The van der Waals surface area contributed by atoms with Crippen molar-refractivity contribution in [1.82, 2.24) is 29.8 Å². The molecular formula is C30H22Cl3F2N6O3. The quantitative estimate of drug-likeness (QED) is 0.187. The van der Waals surface area contributed by atoms with E-state index in [1.807, 2.05) is 36.8 Å². The Balaban J connectivity index is 1.27. The Bertz CT molecular complexity index is 1820. The van der Waals surface area contributed by atoms with Gasteiger partial charge in [0.15, 0.2) is 12.1 Å². The average molecular weight is 659 g/mol. The molecule has 0 spiro atoms. The van der Waals surface area contributed by atoms with Gasteiger partial charge in [-0.1, -0.05) is 70.3 Å². The van der Waals surface area contributed by atoms with Crippen LogP contribution in [0.3, 0.4) is 0 Å². The van der Waals surface area contributed by atoms with Crippen molar-refractivity contribution in [3.05, 3.63) is 117 Å². The van der Waals surface area contributed by atoms with Gasteiger partial charge in [0.2, 0.25) is 0 Å². The zero-order valence-corrected chi connectivity index (χ0v) is 25.1. The molecule has 0 aliphatic carbocycles. The molecule has 2 fully saturated rings. The maximum atomic E-state index is 14.3. The lowest BCUT2D eigenvalue weighted by atomic mass is 9.93. The maximum Gasteiger partial charge on any atom is 0.184 e. The van der Waals surface area contributed by atoms with Crippen LogP contribution in [-0.4, -0.2) is 48.6 Å². The molecular weight excluding hydrogens is 637 g/mol. The molecule has 225 valence electrons. The number of aryl methyl sites for hydroxylation is 1. The number of nitrogens with zero attached hydrogens (tertiary/aromatic N) is 6. The van der Waals surface area contributed by atoms with Crippen LogP contribution in [0, 0.1) is 25.0 Å². The van der Waals surface area contributed by atoms with Crippen LogP contribution in [0.5, 0.6) is 0 Å². The van der Waals surface area contributed by atoms with Gasteiger partial charge < -0.3 is 14.2 Å². The van der Waals surface area contributed by atoms with Crippen LogP contribution in [0.2, 0.25) is 15.1 Å². The molecule has 14 heteroatoms. The number of hydrogen-bond donors (Lipinski definition) is 0. The molecule has 5 atom stereocenters. The topological polar surface area (TPSA) is 89.1 Å². The van der Waals surface area contributed by atoms with Gasteiger partial charge in [-0.25, -0.2) is 23.1 Å². The largest absolute Gasteiger partial charge is 0.361 e. The van der Waals surface area contributed by atoms with Crippen LogP contribution in [-0.2, 0) is 14.2 Å². The smallest absolute Gasteiger partial charge is 0.184 e.